The second-order valence-electron chi connectivity index (χ2n) is 4.88. The highest BCUT2D eigenvalue weighted by molar-refractivity contribution is 5.82. The molecule has 3 aromatic rings. The smallest absolute Gasteiger partial charge is 0.227 e. The van der Waals surface area contributed by atoms with Crippen LogP contribution in [0.15, 0.2) is 36.7 Å². The number of benzene rings is 1. The highest BCUT2D eigenvalue weighted by Gasteiger charge is 2.10. The van der Waals surface area contributed by atoms with Crippen LogP contribution in [0.25, 0.3) is 11.2 Å². The summed E-state index contributed by atoms with van der Waals surface area (Å²) in [7, 11) is 0. The summed E-state index contributed by atoms with van der Waals surface area (Å²) in [6.45, 7) is 3.64. The van der Waals surface area contributed by atoms with Crippen LogP contribution in [0.2, 0.25) is 0 Å². The Bertz CT molecular complexity index is 735. The molecule has 0 aliphatic rings. The summed E-state index contributed by atoms with van der Waals surface area (Å²) >= 11 is 0. The van der Waals surface area contributed by atoms with Crippen LogP contribution < -0.4 is 11.1 Å². The molecule has 21 heavy (non-hydrogen) atoms. The average Bonchev–Trinajstić information content (AvgIpc) is 2.90. The van der Waals surface area contributed by atoms with Crippen molar-refractivity contribution >= 4 is 22.9 Å². The molecule has 0 saturated heterocycles. The molecule has 0 amide bonds. The van der Waals surface area contributed by atoms with Crippen molar-refractivity contribution in [3.8, 4) is 0 Å². The van der Waals surface area contributed by atoms with Gasteiger partial charge < -0.3 is 15.6 Å². The minimum absolute atomic E-state index is 0.408. The zero-order valence-electron chi connectivity index (χ0n) is 12.0. The lowest BCUT2D eigenvalue weighted by molar-refractivity contribution is 0.691. The highest BCUT2D eigenvalue weighted by atomic mass is 15.2. The average molecular weight is 282 g/mol. The lowest BCUT2D eigenvalue weighted by Gasteiger charge is -2.07. The maximum absolute atomic E-state index is 5.97. The Balaban J connectivity index is 1.87. The molecule has 0 spiro atoms. The van der Waals surface area contributed by atoms with Crippen LogP contribution in [0.4, 0.5) is 11.8 Å². The first-order chi connectivity index (χ1) is 10.3. The summed E-state index contributed by atoms with van der Waals surface area (Å²) in [6, 6.07) is 10.1. The molecule has 6 heteroatoms. The van der Waals surface area contributed by atoms with E-state index in [1.54, 1.807) is 6.33 Å². The fraction of sp³-hybridized carbons (Fsp3) is 0.267. The number of anilines is 2. The van der Waals surface area contributed by atoms with Crippen LogP contribution in [-0.4, -0.2) is 19.5 Å². The van der Waals surface area contributed by atoms with E-state index in [9.17, 15) is 0 Å². The van der Waals surface area contributed by atoms with Gasteiger partial charge in [-0.1, -0.05) is 37.3 Å². The molecule has 0 atom stereocenters. The lowest BCUT2D eigenvalue weighted by atomic mass is 10.2. The van der Waals surface area contributed by atoms with Gasteiger partial charge in [0, 0.05) is 13.1 Å². The number of nitrogens with one attached hydrogen (secondary N) is 1. The number of hydrogen-bond donors (Lipinski definition) is 2. The van der Waals surface area contributed by atoms with Gasteiger partial charge in [0.05, 0.1) is 6.33 Å². The summed E-state index contributed by atoms with van der Waals surface area (Å²) in [5.41, 5.74) is 8.58. The van der Waals surface area contributed by atoms with E-state index in [2.05, 4.69) is 39.3 Å². The normalized spacial score (nSPS) is 10.9. The van der Waals surface area contributed by atoms with E-state index in [0.717, 1.165) is 18.6 Å². The van der Waals surface area contributed by atoms with Gasteiger partial charge in [-0.05, 0) is 12.0 Å². The van der Waals surface area contributed by atoms with E-state index in [1.165, 1.54) is 5.56 Å². The van der Waals surface area contributed by atoms with Crippen LogP contribution in [-0.2, 0) is 13.1 Å². The lowest BCUT2D eigenvalue weighted by Crippen LogP contribution is -2.07. The maximum Gasteiger partial charge on any atom is 0.227 e. The molecule has 1 aromatic carbocycles. The Morgan fingerprint density at radius 2 is 2.00 bits per heavy atom. The first-order valence-electron chi connectivity index (χ1n) is 7.04. The Hall–Kier alpha value is -2.63. The monoisotopic (exact) mass is 282 g/mol. The van der Waals surface area contributed by atoms with Crippen molar-refractivity contribution in [3.05, 3.63) is 42.2 Å². The number of nitrogens with zero attached hydrogens (tertiary/aromatic N) is 4. The topological polar surface area (TPSA) is 81.7 Å². The van der Waals surface area contributed by atoms with Gasteiger partial charge >= 0.3 is 0 Å². The second kappa shape index (κ2) is 5.78. The van der Waals surface area contributed by atoms with Crippen molar-refractivity contribution in [2.75, 3.05) is 11.1 Å². The third kappa shape index (κ3) is 2.79. The highest BCUT2D eigenvalue weighted by Crippen LogP contribution is 2.18. The van der Waals surface area contributed by atoms with Gasteiger partial charge in [0.1, 0.15) is 5.52 Å². The first kappa shape index (κ1) is 13.4. The molecule has 0 unspecified atom stereocenters. The predicted molar refractivity (Wildman–Crippen MR) is 83.8 cm³/mol. The molecule has 6 nitrogen and oxygen atoms in total. The van der Waals surface area contributed by atoms with Crippen LogP contribution in [0.3, 0.4) is 0 Å². The molecule has 3 N–H and O–H groups in total. The number of nitrogens with two attached hydrogens (primary N) is 1. The minimum atomic E-state index is 0.408. The molecule has 0 saturated carbocycles. The van der Waals surface area contributed by atoms with E-state index in [1.807, 2.05) is 22.8 Å². The number of nitrogen functional groups attached to an aromatic ring is 1. The van der Waals surface area contributed by atoms with E-state index in [0.29, 0.717) is 23.8 Å². The molecule has 3 rings (SSSR count). The number of aryl methyl sites for hydroxylation is 1. The summed E-state index contributed by atoms with van der Waals surface area (Å²) < 4.78 is 2.00. The molecule has 2 heterocycles. The van der Waals surface area contributed by atoms with Crippen LogP contribution >= 0.6 is 0 Å². The summed E-state index contributed by atoms with van der Waals surface area (Å²) in [6.07, 6.45) is 2.78. The van der Waals surface area contributed by atoms with Gasteiger partial charge in [-0.15, -0.1) is 0 Å². The molecule has 0 bridgehead atoms. The molecule has 0 fully saturated rings. The van der Waals surface area contributed by atoms with Gasteiger partial charge in [0.25, 0.3) is 0 Å². The maximum atomic E-state index is 5.97. The molecular formula is C15H18N6. The fourth-order valence-electron chi connectivity index (χ4n) is 2.23. The largest absolute Gasteiger partial charge is 0.382 e. The number of rotatable bonds is 5. The minimum Gasteiger partial charge on any atom is -0.382 e. The molecule has 0 aliphatic carbocycles. The first-order valence-corrected chi connectivity index (χ1v) is 7.04. The van der Waals surface area contributed by atoms with Crippen LogP contribution in [0.1, 0.15) is 18.9 Å². The standard InChI is InChI=1S/C15H18N6/c1-2-8-21-10-18-12-13(16)19-15(20-14(12)21)17-9-11-6-4-3-5-7-11/h3-7,10H,2,8-9H2,1H3,(H3,16,17,19,20). The van der Waals surface area contributed by atoms with Gasteiger partial charge in [-0.25, -0.2) is 4.98 Å². The van der Waals surface area contributed by atoms with Gasteiger partial charge in [0.2, 0.25) is 5.95 Å². The number of aromatic nitrogens is 4. The Kier molecular flexibility index (Phi) is 3.68. The predicted octanol–water partition coefficient (Wildman–Crippen LogP) is 2.43. The zero-order chi connectivity index (χ0) is 14.7. The Morgan fingerprint density at radius 1 is 1.19 bits per heavy atom. The second-order valence-corrected chi connectivity index (χ2v) is 4.88. The molecular weight excluding hydrogens is 264 g/mol. The van der Waals surface area contributed by atoms with Gasteiger partial charge in [-0.2, -0.15) is 9.97 Å². The van der Waals surface area contributed by atoms with Crippen molar-refractivity contribution in [2.45, 2.75) is 26.4 Å². The summed E-state index contributed by atoms with van der Waals surface area (Å²) in [5.74, 6) is 0.937. The Morgan fingerprint density at radius 3 is 2.76 bits per heavy atom. The van der Waals surface area contributed by atoms with Crippen molar-refractivity contribution in [2.24, 2.45) is 0 Å². The Labute approximate surface area is 123 Å². The SMILES string of the molecule is CCCn1cnc2c(N)nc(NCc3ccccc3)nc21. The summed E-state index contributed by atoms with van der Waals surface area (Å²) in [4.78, 5) is 13.1. The summed E-state index contributed by atoms with van der Waals surface area (Å²) in [5, 5.41) is 3.21. The quantitative estimate of drug-likeness (QED) is 0.751. The third-order valence-electron chi connectivity index (χ3n) is 3.25. The molecule has 0 radical (unpaired) electrons. The van der Waals surface area contributed by atoms with Crippen molar-refractivity contribution in [3.63, 3.8) is 0 Å². The number of hydrogen-bond acceptors (Lipinski definition) is 5. The molecule has 2 aromatic heterocycles. The molecule has 0 aliphatic heterocycles. The number of fused-ring (bicyclic) bond motifs is 1. The van der Waals surface area contributed by atoms with E-state index in [-0.39, 0.29) is 0 Å². The van der Waals surface area contributed by atoms with E-state index < -0.39 is 0 Å². The van der Waals surface area contributed by atoms with Crippen molar-refractivity contribution < 1.29 is 0 Å². The van der Waals surface area contributed by atoms with E-state index >= 15 is 0 Å². The zero-order valence-corrected chi connectivity index (χ0v) is 12.0. The van der Waals surface area contributed by atoms with Gasteiger partial charge in [0.15, 0.2) is 11.5 Å². The third-order valence-corrected chi connectivity index (χ3v) is 3.25. The van der Waals surface area contributed by atoms with E-state index in [4.69, 9.17) is 5.73 Å². The van der Waals surface area contributed by atoms with Crippen molar-refractivity contribution in [1.29, 1.82) is 0 Å². The van der Waals surface area contributed by atoms with Gasteiger partial charge in [-0.3, -0.25) is 0 Å². The van der Waals surface area contributed by atoms with Crippen molar-refractivity contribution in [1.82, 2.24) is 19.5 Å². The van der Waals surface area contributed by atoms with Crippen LogP contribution in [0.5, 0.6) is 0 Å². The molecule has 108 valence electrons. The van der Waals surface area contributed by atoms with Crippen LogP contribution in [0, 0.1) is 0 Å². The number of imidazole rings is 1. The fourth-order valence-corrected chi connectivity index (χ4v) is 2.23.